The van der Waals surface area contributed by atoms with Crippen LogP contribution in [0.3, 0.4) is 0 Å². The first-order valence-electron chi connectivity index (χ1n) is 9.69. The smallest absolute Gasteiger partial charge is 0.238 e. The fourth-order valence-corrected chi connectivity index (χ4v) is 4.43. The Kier molecular flexibility index (Phi) is 7.42. The maximum Gasteiger partial charge on any atom is 0.238 e. The highest BCUT2D eigenvalue weighted by Gasteiger charge is 2.23. The molecule has 1 aromatic rings. The third-order valence-electron chi connectivity index (χ3n) is 4.97. The lowest BCUT2D eigenvalue weighted by Gasteiger charge is -2.31. The minimum atomic E-state index is -3.18. The minimum Gasteiger partial charge on any atom is -0.324 e. The molecular formula is C20H33N3O3S. The predicted octanol–water partition coefficient (Wildman–Crippen LogP) is 2.89. The highest BCUT2D eigenvalue weighted by Crippen LogP contribution is 2.32. The first-order valence-corrected chi connectivity index (χ1v) is 11.6. The molecular weight excluding hydrogens is 362 g/mol. The van der Waals surface area contributed by atoms with E-state index in [1.807, 2.05) is 0 Å². The SMILES string of the molecule is CC(C)c1cccc(C(C)C)c1NC(=O)CN1CCC(NS(C)(=O)=O)CC1. The molecule has 0 spiro atoms. The number of sulfonamides is 1. The van der Waals surface area contributed by atoms with Gasteiger partial charge in [0.05, 0.1) is 12.8 Å². The van der Waals surface area contributed by atoms with E-state index in [4.69, 9.17) is 0 Å². The van der Waals surface area contributed by atoms with Crippen molar-refractivity contribution in [1.29, 1.82) is 0 Å². The molecule has 0 saturated carbocycles. The van der Waals surface area contributed by atoms with Gasteiger partial charge in [0, 0.05) is 24.8 Å². The van der Waals surface area contributed by atoms with Crippen molar-refractivity contribution in [2.24, 2.45) is 0 Å². The summed E-state index contributed by atoms with van der Waals surface area (Å²) in [6.07, 6.45) is 2.63. The number of amides is 1. The van der Waals surface area contributed by atoms with Crippen molar-refractivity contribution in [3.63, 3.8) is 0 Å². The van der Waals surface area contributed by atoms with E-state index in [0.29, 0.717) is 31.5 Å². The predicted molar refractivity (Wildman–Crippen MR) is 111 cm³/mol. The third kappa shape index (κ3) is 6.59. The summed E-state index contributed by atoms with van der Waals surface area (Å²) in [5.41, 5.74) is 3.26. The molecule has 0 aliphatic carbocycles. The molecule has 1 saturated heterocycles. The molecule has 0 atom stereocenters. The number of nitrogens with one attached hydrogen (secondary N) is 2. The Morgan fingerprint density at radius 2 is 1.63 bits per heavy atom. The van der Waals surface area contributed by atoms with Gasteiger partial charge in [-0.1, -0.05) is 45.9 Å². The number of hydrogen-bond donors (Lipinski definition) is 2. The Morgan fingerprint density at radius 3 is 2.07 bits per heavy atom. The van der Waals surface area contributed by atoms with Gasteiger partial charge in [0.1, 0.15) is 0 Å². The van der Waals surface area contributed by atoms with Crippen LogP contribution in [0.5, 0.6) is 0 Å². The Labute approximate surface area is 163 Å². The lowest BCUT2D eigenvalue weighted by atomic mass is 9.92. The quantitative estimate of drug-likeness (QED) is 0.744. The van der Waals surface area contributed by atoms with Crippen LogP contribution in [-0.2, 0) is 14.8 Å². The Balaban J connectivity index is 1.99. The summed E-state index contributed by atoms with van der Waals surface area (Å²) >= 11 is 0. The van der Waals surface area contributed by atoms with Crippen LogP contribution in [0.4, 0.5) is 5.69 Å². The molecule has 2 N–H and O–H groups in total. The van der Waals surface area contributed by atoms with Crippen LogP contribution in [0.1, 0.15) is 63.5 Å². The van der Waals surface area contributed by atoms with E-state index in [2.05, 4.69) is 60.8 Å². The van der Waals surface area contributed by atoms with Crippen LogP contribution in [0.15, 0.2) is 18.2 Å². The summed E-state index contributed by atoms with van der Waals surface area (Å²) in [5.74, 6) is 0.646. The molecule has 2 rings (SSSR count). The topological polar surface area (TPSA) is 78.5 Å². The van der Waals surface area contributed by atoms with Crippen molar-refractivity contribution >= 4 is 21.6 Å². The van der Waals surface area contributed by atoms with E-state index in [-0.39, 0.29) is 11.9 Å². The number of carbonyl (C=O) groups is 1. The van der Waals surface area contributed by atoms with Crippen molar-refractivity contribution in [3.05, 3.63) is 29.3 Å². The fourth-order valence-electron chi connectivity index (χ4n) is 3.59. The molecule has 0 bridgehead atoms. The number of anilines is 1. The number of hydrogen-bond acceptors (Lipinski definition) is 4. The van der Waals surface area contributed by atoms with E-state index in [1.165, 1.54) is 6.26 Å². The van der Waals surface area contributed by atoms with Gasteiger partial charge in [-0.25, -0.2) is 13.1 Å². The molecule has 152 valence electrons. The van der Waals surface area contributed by atoms with Gasteiger partial charge in [-0.3, -0.25) is 9.69 Å². The molecule has 0 radical (unpaired) electrons. The van der Waals surface area contributed by atoms with Crippen molar-refractivity contribution in [2.45, 2.75) is 58.4 Å². The molecule has 1 aromatic carbocycles. The zero-order valence-corrected chi connectivity index (χ0v) is 17.9. The van der Waals surface area contributed by atoms with Gasteiger partial charge in [0.15, 0.2) is 0 Å². The van der Waals surface area contributed by atoms with Crippen LogP contribution in [-0.4, -0.2) is 51.2 Å². The molecule has 0 unspecified atom stereocenters. The largest absolute Gasteiger partial charge is 0.324 e. The zero-order chi connectivity index (χ0) is 20.2. The van der Waals surface area contributed by atoms with Crippen LogP contribution >= 0.6 is 0 Å². The molecule has 7 heteroatoms. The Morgan fingerprint density at radius 1 is 1.11 bits per heavy atom. The molecule has 0 aromatic heterocycles. The minimum absolute atomic E-state index is 0.0143. The highest BCUT2D eigenvalue weighted by molar-refractivity contribution is 7.88. The lowest BCUT2D eigenvalue weighted by molar-refractivity contribution is -0.117. The zero-order valence-electron chi connectivity index (χ0n) is 17.1. The van der Waals surface area contributed by atoms with Crippen molar-refractivity contribution in [3.8, 4) is 0 Å². The lowest BCUT2D eigenvalue weighted by Crippen LogP contribution is -2.46. The number of likely N-dealkylation sites (tertiary alicyclic amines) is 1. The molecule has 27 heavy (non-hydrogen) atoms. The van der Waals surface area contributed by atoms with E-state index in [9.17, 15) is 13.2 Å². The summed E-state index contributed by atoms with van der Waals surface area (Å²) < 4.78 is 25.4. The fraction of sp³-hybridized carbons (Fsp3) is 0.650. The van der Waals surface area contributed by atoms with Crippen LogP contribution in [0.2, 0.25) is 0 Å². The van der Waals surface area contributed by atoms with E-state index >= 15 is 0 Å². The van der Waals surface area contributed by atoms with Gasteiger partial charge in [0.2, 0.25) is 15.9 Å². The van der Waals surface area contributed by atoms with Gasteiger partial charge < -0.3 is 5.32 Å². The molecule has 1 amide bonds. The van der Waals surface area contributed by atoms with E-state index in [0.717, 1.165) is 29.7 Å². The monoisotopic (exact) mass is 395 g/mol. The number of benzene rings is 1. The second-order valence-electron chi connectivity index (χ2n) is 8.11. The Hall–Kier alpha value is -1.44. The number of nitrogens with zero attached hydrogens (tertiary/aromatic N) is 1. The number of para-hydroxylation sites is 1. The Bertz CT molecular complexity index is 725. The maximum atomic E-state index is 12.7. The van der Waals surface area contributed by atoms with Crippen LogP contribution in [0, 0.1) is 0 Å². The summed E-state index contributed by atoms with van der Waals surface area (Å²) in [6.45, 7) is 10.3. The molecule has 1 aliphatic rings. The second kappa shape index (κ2) is 9.17. The van der Waals surface area contributed by atoms with Gasteiger partial charge in [0.25, 0.3) is 0 Å². The first-order chi connectivity index (χ1) is 12.6. The summed E-state index contributed by atoms with van der Waals surface area (Å²) in [4.78, 5) is 14.8. The average molecular weight is 396 g/mol. The van der Waals surface area contributed by atoms with Crippen molar-refractivity contribution in [2.75, 3.05) is 31.2 Å². The molecule has 1 aliphatic heterocycles. The number of piperidine rings is 1. The summed E-state index contributed by atoms with van der Waals surface area (Å²) in [6, 6.07) is 6.18. The van der Waals surface area contributed by atoms with Gasteiger partial charge in [-0.05, 0) is 35.8 Å². The highest BCUT2D eigenvalue weighted by atomic mass is 32.2. The number of rotatable bonds is 7. The molecule has 1 heterocycles. The average Bonchev–Trinajstić information content (AvgIpc) is 2.55. The van der Waals surface area contributed by atoms with Crippen molar-refractivity contribution < 1.29 is 13.2 Å². The van der Waals surface area contributed by atoms with E-state index in [1.54, 1.807) is 0 Å². The van der Waals surface area contributed by atoms with Crippen LogP contribution < -0.4 is 10.0 Å². The molecule has 6 nitrogen and oxygen atoms in total. The summed E-state index contributed by atoms with van der Waals surface area (Å²) in [7, 11) is -3.18. The molecule has 1 fully saturated rings. The van der Waals surface area contributed by atoms with Gasteiger partial charge in [-0.15, -0.1) is 0 Å². The maximum absolute atomic E-state index is 12.7. The normalized spacial score (nSPS) is 16.9. The van der Waals surface area contributed by atoms with Gasteiger partial charge in [-0.2, -0.15) is 0 Å². The first kappa shape index (κ1) is 21.9. The standard InChI is InChI=1S/C20H33N3O3S/c1-14(2)17-7-6-8-18(15(3)4)20(17)21-19(24)13-23-11-9-16(10-12-23)22-27(5,25)26/h6-8,14-16,22H,9-13H2,1-5H3,(H,21,24). The second-order valence-corrected chi connectivity index (χ2v) is 9.89. The third-order valence-corrected chi connectivity index (χ3v) is 5.73. The van der Waals surface area contributed by atoms with Crippen molar-refractivity contribution in [1.82, 2.24) is 9.62 Å². The number of carbonyl (C=O) groups excluding carboxylic acids is 1. The van der Waals surface area contributed by atoms with Crippen LogP contribution in [0.25, 0.3) is 0 Å². The summed E-state index contributed by atoms with van der Waals surface area (Å²) in [5, 5.41) is 3.15. The van der Waals surface area contributed by atoms with E-state index < -0.39 is 10.0 Å². The van der Waals surface area contributed by atoms with Gasteiger partial charge >= 0.3 is 0 Å².